The van der Waals surface area contributed by atoms with Crippen molar-refractivity contribution in [2.24, 2.45) is 0 Å². The molecule has 32 heavy (non-hydrogen) atoms. The molecule has 3 aliphatic rings. The SMILES string of the molecule is C=C1C[C@@H]2C[C@H]1N1C(=O)c3c(O)c(=O)c(C(=O)NCc4ccc(F)cc4F)cn3CC1O2. The Bertz CT molecular complexity index is 1240. The number of amides is 2. The molecule has 1 aliphatic carbocycles. The lowest BCUT2D eigenvalue weighted by atomic mass is 10.0. The van der Waals surface area contributed by atoms with Gasteiger partial charge in [-0.15, -0.1) is 0 Å². The maximum atomic E-state index is 13.8. The van der Waals surface area contributed by atoms with E-state index in [-0.39, 0.29) is 36.5 Å². The fraction of sp³-hybridized carbons (Fsp3) is 0.318. The third-order valence-corrected chi connectivity index (χ3v) is 6.19. The molecule has 166 valence electrons. The molecule has 3 atom stereocenters. The number of fused-ring (bicyclic) bond motifs is 5. The van der Waals surface area contributed by atoms with Crippen molar-refractivity contribution in [2.45, 2.75) is 44.3 Å². The van der Waals surface area contributed by atoms with Gasteiger partial charge >= 0.3 is 0 Å². The Morgan fingerprint density at radius 3 is 2.84 bits per heavy atom. The second-order valence-electron chi connectivity index (χ2n) is 8.18. The Morgan fingerprint density at radius 2 is 2.09 bits per heavy atom. The first-order valence-corrected chi connectivity index (χ1v) is 10.1. The smallest absolute Gasteiger partial charge is 0.277 e. The molecule has 3 heterocycles. The van der Waals surface area contributed by atoms with E-state index in [0.717, 1.165) is 11.6 Å². The standard InChI is InChI=1S/C22H19F2N3O5/c1-10-4-13-6-16(10)27-17(32-13)9-26-8-14(19(28)20(29)18(26)22(27)31)21(30)25-7-11-2-3-12(23)5-15(11)24/h2-3,5,8,13,16-17,29H,1,4,6-7,9H2,(H,25,30)/t13-,16-,17?/m1/s1. The van der Waals surface area contributed by atoms with Crippen LogP contribution >= 0.6 is 0 Å². The number of pyridine rings is 1. The molecule has 2 amide bonds. The highest BCUT2D eigenvalue weighted by atomic mass is 19.1. The van der Waals surface area contributed by atoms with Crippen LogP contribution in [-0.4, -0.2) is 44.8 Å². The molecule has 1 unspecified atom stereocenters. The fourth-order valence-electron chi connectivity index (χ4n) is 4.64. The van der Waals surface area contributed by atoms with Crippen LogP contribution in [0.4, 0.5) is 8.78 Å². The quantitative estimate of drug-likeness (QED) is 0.703. The number of ether oxygens (including phenoxy) is 1. The van der Waals surface area contributed by atoms with E-state index in [4.69, 9.17) is 4.74 Å². The summed E-state index contributed by atoms with van der Waals surface area (Å²) in [7, 11) is 0. The van der Waals surface area contributed by atoms with E-state index in [9.17, 15) is 28.3 Å². The summed E-state index contributed by atoms with van der Waals surface area (Å²) in [6.07, 6.45) is 1.79. The number of aromatic hydroxyl groups is 1. The Kier molecular flexibility index (Phi) is 4.63. The van der Waals surface area contributed by atoms with E-state index in [1.54, 1.807) is 0 Å². The van der Waals surface area contributed by atoms with Gasteiger partial charge in [-0.2, -0.15) is 0 Å². The van der Waals surface area contributed by atoms with Crippen LogP contribution < -0.4 is 10.7 Å². The van der Waals surface area contributed by atoms with Crippen molar-refractivity contribution in [2.75, 3.05) is 0 Å². The monoisotopic (exact) mass is 443 g/mol. The van der Waals surface area contributed by atoms with E-state index in [2.05, 4.69) is 11.9 Å². The zero-order valence-corrected chi connectivity index (χ0v) is 16.8. The highest BCUT2D eigenvalue weighted by molar-refractivity contribution is 5.99. The van der Waals surface area contributed by atoms with Crippen LogP contribution in [0.5, 0.6) is 5.75 Å². The highest BCUT2D eigenvalue weighted by Crippen LogP contribution is 2.41. The average Bonchev–Trinajstić information content (AvgIpc) is 3.03. The van der Waals surface area contributed by atoms with Gasteiger partial charge in [0.2, 0.25) is 5.43 Å². The Balaban J connectivity index is 1.44. The first-order valence-electron chi connectivity index (χ1n) is 10.1. The van der Waals surface area contributed by atoms with Crippen LogP contribution in [0.2, 0.25) is 0 Å². The first kappa shape index (κ1) is 20.4. The number of hydrogen-bond acceptors (Lipinski definition) is 5. The average molecular weight is 443 g/mol. The maximum Gasteiger partial charge on any atom is 0.277 e. The summed E-state index contributed by atoms with van der Waals surface area (Å²) < 4.78 is 34.2. The molecule has 1 saturated carbocycles. The summed E-state index contributed by atoms with van der Waals surface area (Å²) in [4.78, 5) is 39.9. The maximum absolute atomic E-state index is 13.8. The zero-order chi connectivity index (χ0) is 22.7. The lowest BCUT2D eigenvalue weighted by Gasteiger charge is -2.44. The number of benzene rings is 1. The molecule has 1 saturated heterocycles. The molecule has 1 aromatic carbocycles. The summed E-state index contributed by atoms with van der Waals surface area (Å²) in [6, 6.07) is 2.69. The molecule has 0 spiro atoms. The van der Waals surface area contributed by atoms with Crippen LogP contribution in [0, 0.1) is 11.6 Å². The number of carbonyl (C=O) groups is 2. The van der Waals surface area contributed by atoms with Gasteiger partial charge in [-0.3, -0.25) is 14.4 Å². The van der Waals surface area contributed by atoms with Crippen molar-refractivity contribution in [3.63, 3.8) is 0 Å². The highest BCUT2D eigenvalue weighted by Gasteiger charge is 2.49. The second kappa shape index (κ2) is 7.27. The number of aromatic nitrogens is 1. The van der Waals surface area contributed by atoms with Gasteiger partial charge in [0, 0.05) is 24.4 Å². The van der Waals surface area contributed by atoms with Crippen molar-refractivity contribution in [3.8, 4) is 5.75 Å². The summed E-state index contributed by atoms with van der Waals surface area (Å²) in [6.45, 7) is 3.84. The molecule has 2 aliphatic heterocycles. The molecule has 1 aromatic heterocycles. The van der Waals surface area contributed by atoms with E-state index >= 15 is 0 Å². The van der Waals surface area contributed by atoms with E-state index in [0.29, 0.717) is 18.9 Å². The number of carbonyl (C=O) groups excluding carboxylic acids is 2. The molecule has 2 aromatic rings. The minimum Gasteiger partial charge on any atom is -0.503 e. The van der Waals surface area contributed by atoms with Gasteiger partial charge in [0.25, 0.3) is 11.8 Å². The van der Waals surface area contributed by atoms with E-state index in [1.807, 2.05) is 0 Å². The fourth-order valence-corrected chi connectivity index (χ4v) is 4.64. The number of nitrogens with one attached hydrogen (secondary N) is 1. The van der Waals surface area contributed by atoms with Crippen LogP contribution in [0.1, 0.15) is 39.3 Å². The summed E-state index contributed by atoms with van der Waals surface area (Å²) >= 11 is 0. The molecular formula is C22H19F2N3O5. The van der Waals surface area contributed by atoms with E-state index < -0.39 is 46.4 Å². The molecule has 2 bridgehead atoms. The lowest BCUT2D eigenvalue weighted by molar-refractivity contribution is -0.131. The molecule has 2 N–H and O–H groups in total. The van der Waals surface area contributed by atoms with Gasteiger partial charge < -0.3 is 24.6 Å². The molecule has 8 nitrogen and oxygen atoms in total. The first-order chi connectivity index (χ1) is 15.2. The van der Waals surface area contributed by atoms with Crippen molar-refractivity contribution in [1.82, 2.24) is 14.8 Å². The van der Waals surface area contributed by atoms with Crippen molar-refractivity contribution >= 4 is 11.8 Å². The van der Waals surface area contributed by atoms with Gasteiger partial charge in [-0.1, -0.05) is 18.2 Å². The largest absolute Gasteiger partial charge is 0.503 e. The predicted molar refractivity (Wildman–Crippen MR) is 107 cm³/mol. The van der Waals surface area contributed by atoms with E-state index in [1.165, 1.54) is 21.7 Å². The predicted octanol–water partition coefficient (Wildman–Crippen LogP) is 1.66. The minimum atomic E-state index is -1.01. The lowest BCUT2D eigenvalue weighted by Crippen LogP contribution is -2.57. The third kappa shape index (κ3) is 3.10. The summed E-state index contributed by atoms with van der Waals surface area (Å²) in [5.74, 6) is -3.86. The van der Waals surface area contributed by atoms with Crippen molar-refractivity contribution in [1.29, 1.82) is 0 Å². The molecule has 0 radical (unpaired) electrons. The van der Waals surface area contributed by atoms with Gasteiger partial charge in [0.05, 0.1) is 18.7 Å². The van der Waals surface area contributed by atoms with Gasteiger partial charge in [0.1, 0.15) is 17.2 Å². The van der Waals surface area contributed by atoms with Gasteiger partial charge in [-0.05, 0) is 18.9 Å². The molecule has 5 rings (SSSR count). The van der Waals surface area contributed by atoms with Crippen molar-refractivity contribution in [3.05, 3.63) is 75.2 Å². The Hall–Kier alpha value is -3.53. The van der Waals surface area contributed by atoms with Crippen molar-refractivity contribution < 1.29 is 28.2 Å². The van der Waals surface area contributed by atoms with Gasteiger partial charge in [0.15, 0.2) is 17.7 Å². The van der Waals surface area contributed by atoms with Gasteiger partial charge in [-0.25, -0.2) is 8.78 Å². The van der Waals surface area contributed by atoms with Crippen LogP contribution in [-0.2, 0) is 17.8 Å². The Morgan fingerprint density at radius 1 is 1.31 bits per heavy atom. The Labute approximate surface area is 180 Å². The molecular weight excluding hydrogens is 424 g/mol. The number of hydrogen-bond donors (Lipinski definition) is 2. The molecule has 2 fully saturated rings. The summed E-state index contributed by atoms with van der Waals surface area (Å²) in [5.41, 5.74) is -0.738. The number of nitrogens with zero attached hydrogens (tertiary/aromatic N) is 2. The third-order valence-electron chi connectivity index (χ3n) is 6.19. The zero-order valence-electron chi connectivity index (χ0n) is 16.8. The van der Waals surface area contributed by atoms with Crippen LogP contribution in [0.3, 0.4) is 0 Å². The number of halogens is 2. The number of rotatable bonds is 3. The molecule has 10 heteroatoms. The normalized spacial score (nSPS) is 23.7. The minimum absolute atomic E-state index is 0.0270. The summed E-state index contributed by atoms with van der Waals surface area (Å²) in [5, 5.41) is 12.9. The van der Waals surface area contributed by atoms with Crippen LogP contribution in [0.15, 0.2) is 41.3 Å². The topological polar surface area (TPSA) is 101 Å². The second-order valence-corrected chi connectivity index (χ2v) is 8.18. The van der Waals surface area contributed by atoms with Crippen LogP contribution in [0.25, 0.3) is 0 Å².